The molecule has 27 heavy (non-hydrogen) atoms. The normalized spacial score (nSPS) is 22.7. The van der Waals surface area contributed by atoms with Crippen molar-refractivity contribution in [1.29, 1.82) is 0 Å². The van der Waals surface area contributed by atoms with Crippen LogP contribution in [0, 0.1) is 0 Å². The molecule has 0 saturated carbocycles. The van der Waals surface area contributed by atoms with Crippen molar-refractivity contribution >= 4 is 5.78 Å². The van der Waals surface area contributed by atoms with Crippen molar-refractivity contribution in [2.45, 2.75) is 31.3 Å². The number of rotatable bonds is 6. The number of likely N-dealkylation sites (tertiary alicyclic amines) is 1. The van der Waals surface area contributed by atoms with Crippen molar-refractivity contribution in [2.24, 2.45) is 0 Å². The molecule has 2 heterocycles. The van der Waals surface area contributed by atoms with Gasteiger partial charge in [-0.1, -0.05) is 0 Å². The molecule has 0 spiro atoms. The molecule has 2 aromatic carbocycles. The highest BCUT2D eigenvalue weighted by atomic mass is 16.5. The Bertz CT molecular complexity index is 767. The van der Waals surface area contributed by atoms with E-state index >= 15 is 0 Å². The summed E-state index contributed by atoms with van der Waals surface area (Å²) in [6.07, 6.45) is 3.20. The number of nitrogens with zero attached hydrogens (tertiary/aromatic N) is 1. The van der Waals surface area contributed by atoms with Crippen molar-refractivity contribution in [3.63, 3.8) is 0 Å². The van der Waals surface area contributed by atoms with Crippen molar-refractivity contribution in [1.82, 2.24) is 10.2 Å². The lowest BCUT2D eigenvalue weighted by Gasteiger charge is -2.29. The molecule has 0 amide bonds. The second-order valence-corrected chi connectivity index (χ2v) is 7.21. The molecule has 0 aromatic heterocycles. The van der Waals surface area contributed by atoms with Crippen molar-refractivity contribution in [3.05, 3.63) is 54.1 Å². The number of hydrogen-bond acceptors (Lipinski definition) is 5. The zero-order valence-corrected chi connectivity index (χ0v) is 15.7. The van der Waals surface area contributed by atoms with E-state index in [1.807, 2.05) is 48.5 Å². The Kier molecular flexibility index (Phi) is 5.41. The molecule has 0 radical (unpaired) electrons. The molecule has 5 heteroatoms. The molecule has 2 saturated heterocycles. The van der Waals surface area contributed by atoms with Gasteiger partial charge in [0.2, 0.25) is 0 Å². The fourth-order valence-corrected chi connectivity index (χ4v) is 4.09. The number of benzene rings is 2. The monoisotopic (exact) mass is 366 g/mol. The highest BCUT2D eigenvalue weighted by Gasteiger charge is 2.36. The molecule has 2 unspecified atom stereocenters. The molecule has 0 bridgehead atoms. The first kappa shape index (κ1) is 18.0. The third kappa shape index (κ3) is 3.99. The van der Waals surface area contributed by atoms with Gasteiger partial charge >= 0.3 is 0 Å². The minimum absolute atomic E-state index is 0.0169. The molecular formula is C22H26N2O3. The van der Waals surface area contributed by atoms with E-state index in [0.717, 1.165) is 61.7 Å². The van der Waals surface area contributed by atoms with Gasteiger partial charge in [0.05, 0.1) is 13.2 Å². The minimum Gasteiger partial charge on any atom is -0.497 e. The summed E-state index contributed by atoms with van der Waals surface area (Å²) in [5, 5.41) is 3.41. The first-order valence-corrected chi connectivity index (χ1v) is 9.67. The number of hydrogen-bond donors (Lipinski definition) is 1. The third-order valence-corrected chi connectivity index (χ3v) is 5.53. The van der Waals surface area contributed by atoms with Gasteiger partial charge < -0.3 is 14.8 Å². The lowest BCUT2D eigenvalue weighted by atomic mass is 10.0. The number of carbonyl (C=O) groups is 1. The van der Waals surface area contributed by atoms with Crippen molar-refractivity contribution in [2.75, 3.05) is 26.7 Å². The topological polar surface area (TPSA) is 50.8 Å². The van der Waals surface area contributed by atoms with Crippen LogP contribution in [0.1, 0.15) is 29.6 Å². The van der Waals surface area contributed by atoms with Crippen LogP contribution < -0.4 is 14.8 Å². The van der Waals surface area contributed by atoms with E-state index in [1.165, 1.54) is 0 Å². The average molecular weight is 366 g/mol. The predicted molar refractivity (Wildman–Crippen MR) is 105 cm³/mol. The molecule has 2 aliphatic heterocycles. The van der Waals surface area contributed by atoms with Crippen LogP contribution in [-0.2, 0) is 0 Å². The van der Waals surface area contributed by atoms with Gasteiger partial charge in [0.1, 0.15) is 17.2 Å². The largest absolute Gasteiger partial charge is 0.497 e. The van der Waals surface area contributed by atoms with Crippen molar-refractivity contribution < 1.29 is 14.3 Å². The number of methoxy groups -OCH3 is 1. The van der Waals surface area contributed by atoms with E-state index in [2.05, 4.69) is 10.2 Å². The summed E-state index contributed by atoms with van der Waals surface area (Å²) in [6, 6.07) is 15.5. The van der Waals surface area contributed by atoms with E-state index in [4.69, 9.17) is 9.47 Å². The average Bonchev–Trinajstić information content (AvgIpc) is 3.40. The van der Waals surface area contributed by atoms with Crippen LogP contribution in [-0.4, -0.2) is 49.5 Å². The zero-order valence-electron chi connectivity index (χ0n) is 15.7. The molecule has 1 N–H and O–H groups in total. The second kappa shape index (κ2) is 8.11. The Morgan fingerprint density at radius 3 is 2.30 bits per heavy atom. The minimum atomic E-state index is 0.0169. The standard InChI is InChI=1S/C22H26N2O3/c1-26-18-8-10-20(11-9-18)27-19-6-4-16(5-7-19)22(25)21-3-2-14-24(21)17-12-13-23-15-17/h4-11,17,21,23H,2-3,12-15H2,1H3. The van der Waals surface area contributed by atoms with E-state index in [9.17, 15) is 4.79 Å². The zero-order chi connectivity index (χ0) is 18.6. The molecule has 2 aromatic rings. The lowest BCUT2D eigenvalue weighted by Crippen LogP contribution is -2.44. The number of nitrogens with one attached hydrogen (secondary N) is 1. The number of ether oxygens (including phenoxy) is 2. The molecule has 0 aliphatic carbocycles. The molecule has 2 atom stereocenters. The highest BCUT2D eigenvalue weighted by Crippen LogP contribution is 2.28. The molecule has 2 fully saturated rings. The highest BCUT2D eigenvalue weighted by molar-refractivity contribution is 6.00. The lowest BCUT2D eigenvalue weighted by molar-refractivity contribution is 0.0826. The van der Waals surface area contributed by atoms with E-state index in [0.29, 0.717) is 6.04 Å². The predicted octanol–water partition coefficient (Wildman–Crippen LogP) is 3.50. The van der Waals surface area contributed by atoms with Crippen LogP contribution in [0.4, 0.5) is 0 Å². The quantitative estimate of drug-likeness (QED) is 0.793. The van der Waals surface area contributed by atoms with Gasteiger partial charge in [0.25, 0.3) is 0 Å². The van der Waals surface area contributed by atoms with Gasteiger partial charge in [-0.15, -0.1) is 0 Å². The summed E-state index contributed by atoms with van der Waals surface area (Å²) < 4.78 is 11.0. The molecule has 4 rings (SSSR count). The molecule has 5 nitrogen and oxygen atoms in total. The van der Waals surface area contributed by atoms with Gasteiger partial charge in [-0.05, 0) is 80.9 Å². The van der Waals surface area contributed by atoms with Crippen LogP contribution in [0.5, 0.6) is 17.2 Å². The van der Waals surface area contributed by atoms with Gasteiger partial charge in [-0.25, -0.2) is 0 Å². The van der Waals surface area contributed by atoms with Gasteiger partial charge in [-0.2, -0.15) is 0 Å². The number of Topliss-reactive ketones (excluding diaryl/α,β-unsaturated/α-hetero) is 1. The molecular weight excluding hydrogens is 340 g/mol. The summed E-state index contributed by atoms with van der Waals surface area (Å²) in [6.45, 7) is 3.08. The van der Waals surface area contributed by atoms with E-state index < -0.39 is 0 Å². The first-order chi connectivity index (χ1) is 13.2. The van der Waals surface area contributed by atoms with Crippen LogP contribution >= 0.6 is 0 Å². The Morgan fingerprint density at radius 1 is 1.00 bits per heavy atom. The second-order valence-electron chi connectivity index (χ2n) is 7.21. The Hall–Kier alpha value is -2.37. The Labute approximate surface area is 160 Å². The summed E-state index contributed by atoms with van der Waals surface area (Å²) >= 11 is 0. The maximum absolute atomic E-state index is 13.0. The maximum Gasteiger partial charge on any atom is 0.179 e. The fourth-order valence-electron chi connectivity index (χ4n) is 4.09. The number of carbonyl (C=O) groups excluding carboxylic acids is 1. The molecule has 2 aliphatic rings. The Morgan fingerprint density at radius 2 is 1.67 bits per heavy atom. The first-order valence-electron chi connectivity index (χ1n) is 9.67. The smallest absolute Gasteiger partial charge is 0.179 e. The van der Waals surface area contributed by atoms with Gasteiger partial charge in [0, 0.05) is 18.2 Å². The summed E-state index contributed by atoms with van der Waals surface area (Å²) in [5.41, 5.74) is 0.764. The third-order valence-electron chi connectivity index (χ3n) is 5.53. The van der Waals surface area contributed by atoms with E-state index in [1.54, 1.807) is 7.11 Å². The van der Waals surface area contributed by atoms with Crippen LogP contribution in [0.3, 0.4) is 0 Å². The maximum atomic E-state index is 13.0. The van der Waals surface area contributed by atoms with Crippen LogP contribution in [0.25, 0.3) is 0 Å². The van der Waals surface area contributed by atoms with Gasteiger partial charge in [0.15, 0.2) is 5.78 Å². The summed E-state index contributed by atoms with van der Waals surface area (Å²) in [4.78, 5) is 15.4. The number of ketones is 1. The summed E-state index contributed by atoms with van der Waals surface area (Å²) in [7, 11) is 1.64. The Balaban J connectivity index is 1.42. The molecule has 142 valence electrons. The van der Waals surface area contributed by atoms with Gasteiger partial charge in [-0.3, -0.25) is 9.69 Å². The summed E-state index contributed by atoms with van der Waals surface area (Å²) in [5.74, 6) is 2.49. The SMILES string of the molecule is COc1ccc(Oc2ccc(C(=O)C3CCCN3C3CCNC3)cc2)cc1. The van der Waals surface area contributed by atoms with Crippen molar-refractivity contribution in [3.8, 4) is 17.2 Å². The van der Waals surface area contributed by atoms with Crippen LogP contribution in [0.15, 0.2) is 48.5 Å². The van der Waals surface area contributed by atoms with E-state index in [-0.39, 0.29) is 11.8 Å². The van der Waals surface area contributed by atoms with Crippen LogP contribution in [0.2, 0.25) is 0 Å². The fraction of sp³-hybridized carbons (Fsp3) is 0.409.